The molecule has 0 atom stereocenters. The third-order valence-electron chi connectivity index (χ3n) is 3.99. The zero-order chi connectivity index (χ0) is 16.4. The SMILES string of the molecule is COc1cccc(CC(=O)N2CC(=O)N(C)c3ccccc32)c1. The van der Waals surface area contributed by atoms with Gasteiger partial charge in [0.25, 0.3) is 0 Å². The topological polar surface area (TPSA) is 49.9 Å². The van der Waals surface area contributed by atoms with Crippen LogP contribution in [0.5, 0.6) is 5.75 Å². The molecule has 0 saturated heterocycles. The zero-order valence-corrected chi connectivity index (χ0v) is 13.2. The van der Waals surface area contributed by atoms with E-state index in [1.54, 1.807) is 24.0 Å². The highest BCUT2D eigenvalue weighted by atomic mass is 16.5. The molecule has 0 aromatic heterocycles. The number of fused-ring (bicyclic) bond motifs is 1. The monoisotopic (exact) mass is 310 g/mol. The van der Waals surface area contributed by atoms with Gasteiger partial charge >= 0.3 is 0 Å². The zero-order valence-electron chi connectivity index (χ0n) is 13.2. The van der Waals surface area contributed by atoms with Crippen LogP contribution >= 0.6 is 0 Å². The maximum Gasteiger partial charge on any atom is 0.246 e. The largest absolute Gasteiger partial charge is 0.497 e. The smallest absolute Gasteiger partial charge is 0.246 e. The number of rotatable bonds is 3. The fourth-order valence-corrected chi connectivity index (χ4v) is 2.71. The Bertz CT molecular complexity index is 757. The normalized spacial score (nSPS) is 13.7. The molecule has 2 aromatic rings. The van der Waals surface area contributed by atoms with E-state index in [0.717, 1.165) is 16.9 Å². The first-order valence-corrected chi connectivity index (χ1v) is 7.39. The molecular formula is C18H18N2O3. The molecule has 0 fully saturated rings. The summed E-state index contributed by atoms with van der Waals surface area (Å²) in [7, 11) is 3.32. The van der Waals surface area contributed by atoms with Crippen LogP contribution in [0.2, 0.25) is 0 Å². The number of benzene rings is 2. The molecule has 1 aliphatic heterocycles. The van der Waals surface area contributed by atoms with E-state index in [1.807, 2.05) is 48.5 Å². The molecule has 1 aliphatic rings. The lowest BCUT2D eigenvalue weighted by molar-refractivity contribution is -0.122. The molecule has 0 unspecified atom stereocenters. The van der Waals surface area contributed by atoms with E-state index in [4.69, 9.17) is 4.74 Å². The lowest BCUT2D eigenvalue weighted by atomic mass is 10.1. The molecular weight excluding hydrogens is 292 g/mol. The Morgan fingerprint density at radius 1 is 1.13 bits per heavy atom. The number of ether oxygens (including phenoxy) is 1. The Kier molecular flexibility index (Phi) is 4.02. The van der Waals surface area contributed by atoms with Crippen molar-refractivity contribution in [2.45, 2.75) is 6.42 Å². The number of carbonyl (C=O) groups is 2. The van der Waals surface area contributed by atoms with Gasteiger partial charge in [-0.15, -0.1) is 0 Å². The second-order valence-electron chi connectivity index (χ2n) is 5.45. The number of anilines is 2. The van der Waals surface area contributed by atoms with Gasteiger partial charge in [-0.2, -0.15) is 0 Å². The lowest BCUT2D eigenvalue weighted by Crippen LogP contribution is -2.47. The predicted octanol–water partition coefficient (Wildman–Crippen LogP) is 2.25. The molecule has 0 bridgehead atoms. The van der Waals surface area contributed by atoms with E-state index in [-0.39, 0.29) is 24.8 Å². The first-order valence-electron chi connectivity index (χ1n) is 7.39. The van der Waals surface area contributed by atoms with E-state index < -0.39 is 0 Å². The summed E-state index contributed by atoms with van der Waals surface area (Å²) in [6.07, 6.45) is 0.225. The van der Waals surface area contributed by atoms with Gasteiger partial charge in [0.2, 0.25) is 11.8 Å². The summed E-state index contributed by atoms with van der Waals surface area (Å²) in [4.78, 5) is 28.0. The minimum absolute atomic E-state index is 0.0658. The Morgan fingerprint density at radius 3 is 2.61 bits per heavy atom. The summed E-state index contributed by atoms with van der Waals surface area (Å²) in [5.74, 6) is 0.514. The van der Waals surface area contributed by atoms with Crippen molar-refractivity contribution in [3.63, 3.8) is 0 Å². The molecule has 118 valence electrons. The van der Waals surface area contributed by atoms with Crippen LogP contribution in [-0.2, 0) is 16.0 Å². The fourth-order valence-electron chi connectivity index (χ4n) is 2.71. The van der Waals surface area contributed by atoms with Crippen molar-refractivity contribution in [2.75, 3.05) is 30.5 Å². The minimum Gasteiger partial charge on any atom is -0.497 e. The van der Waals surface area contributed by atoms with E-state index >= 15 is 0 Å². The molecule has 1 heterocycles. The Morgan fingerprint density at radius 2 is 1.87 bits per heavy atom. The fraction of sp³-hybridized carbons (Fsp3) is 0.222. The second kappa shape index (κ2) is 6.12. The van der Waals surface area contributed by atoms with Crippen molar-refractivity contribution in [1.82, 2.24) is 0 Å². The van der Waals surface area contributed by atoms with Gasteiger partial charge in [0.15, 0.2) is 0 Å². The average molecular weight is 310 g/mol. The molecule has 0 radical (unpaired) electrons. The maximum atomic E-state index is 12.7. The number of amides is 2. The summed E-state index contributed by atoms with van der Waals surface area (Å²) < 4.78 is 5.18. The highest BCUT2D eigenvalue weighted by molar-refractivity contribution is 6.11. The molecule has 3 rings (SSSR count). The number of carbonyl (C=O) groups excluding carboxylic acids is 2. The number of nitrogens with zero attached hydrogens (tertiary/aromatic N) is 2. The van der Waals surface area contributed by atoms with E-state index in [1.165, 1.54) is 0 Å². The third kappa shape index (κ3) is 2.90. The highest BCUT2D eigenvalue weighted by Gasteiger charge is 2.30. The maximum absolute atomic E-state index is 12.7. The van der Waals surface area contributed by atoms with Crippen molar-refractivity contribution in [2.24, 2.45) is 0 Å². The number of methoxy groups -OCH3 is 1. The van der Waals surface area contributed by atoms with Crippen LogP contribution in [0.3, 0.4) is 0 Å². The van der Waals surface area contributed by atoms with Crippen LogP contribution in [0.25, 0.3) is 0 Å². The van der Waals surface area contributed by atoms with E-state index in [2.05, 4.69) is 0 Å². The number of hydrogen-bond donors (Lipinski definition) is 0. The Balaban J connectivity index is 1.87. The first-order chi connectivity index (χ1) is 11.1. The average Bonchev–Trinajstić information content (AvgIpc) is 2.58. The summed E-state index contributed by atoms with van der Waals surface area (Å²) in [5, 5.41) is 0. The molecule has 0 saturated carbocycles. The molecule has 0 spiro atoms. The lowest BCUT2D eigenvalue weighted by Gasteiger charge is -2.34. The molecule has 2 aromatic carbocycles. The Labute approximate surface area is 135 Å². The van der Waals surface area contributed by atoms with Crippen molar-refractivity contribution in [3.8, 4) is 5.75 Å². The van der Waals surface area contributed by atoms with Crippen molar-refractivity contribution >= 4 is 23.2 Å². The van der Waals surface area contributed by atoms with E-state index in [9.17, 15) is 9.59 Å². The molecule has 5 heteroatoms. The number of hydrogen-bond acceptors (Lipinski definition) is 3. The third-order valence-corrected chi connectivity index (χ3v) is 3.99. The van der Waals surface area contributed by atoms with Gasteiger partial charge in [0.05, 0.1) is 24.9 Å². The van der Waals surface area contributed by atoms with Crippen LogP contribution < -0.4 is 14.5 Å². The first kappa shape index (κ1) is 15.1. The van der Waals surface area contributed by atoms with Crippen LogP contribution in [0.4, 0.5) is 11.4 Å². The van der Waals surface area contributed by atoms with Crippen LogP contribution in [-0.4, -0.2) is 32.5 Å². The highest BCUT2D eigenvalue weighted by Crippen LogP contribution is 2.32. The van der Waals surface area contributed by atoms with Crippen molar-refractivity contribution < 1.29 is 14.3 Å². The van der Waals surface area contributed by atoms with Gasteiger partial charge in [0.1, 0.15) is 12.3 Å². The van der Waals surface area contributed by atoms with Gasteiger partial charge in [-0.05, 0) is 29.8 Å². The predicted molar refractivity (Wildman–Crippen MR) is 88.9 cm³/mol. The molecule has 23 heavy (non-hydrogen) atoms. The summed E-state index contributed by atoms with van der Waals surface area (Å²) in [5.41, 5.74) is 2.38. The molecule has 0 aliphatic carbocycles. The van der Waals surface area contributed by atoms with Gasteiger partial charge in [-0.1, -0.05) is 24.3 Å². The van der Waals surface area contributed by atoms with Gasteiger partial charge < -0.3 is 14.5 Å². The molecule has 5 nitrogen and oxygen atoms in total. The van der Waals surface area contributed by atoms with E-state index in [0.29, 0.717) is 5.75 Å². The Hall–Kier alpha value is -2.82. The number of likely N-dealkylation sites (N-methyl/N-ethyl adjacent to an activating group) is 1. The molecule has 0 N–H and O–H groups in total. The summed E-state index contributed by atoms with van der Waals surface area (Å²) in [6, 6.07) is 14.8. The molecule has 2 amide bonds. The minimum atomic E-state index is -0.104. The second-order valence-corrected chi connectivity index (χ2v) is 5.45. The van der Waals surface area contributed by atoms with Crippen LogP contribution in [0.15, 0.2) is 48.5 Å². The van der Waals surface area contributed by atoms with Gasteiger partial charge in [-0.3, -0.25) is 9.59 Å². The standard InChI is InChI=1S/C18H18N2O3/c1-19-15-8-3-4-9-16(15)20(12-18(19)22)17(21)11-13-6-5-7-14(10-13)23-2/h3-10H,11-12H2,1-2H3. The van der Waals surface area contributed by atoms with Crippen molar-refractivity contribution in [3.05, 3.63) is 54.1 Å². The number of para-hydroxylation sites is 2. The van der Waals surface area contributed by atoms with Crippen molar-refractivity contribution in [1.29, 1.82) is 0 Å². The van der Waals surface area contributed by atoms with Gasteiger partial charge in [-0.25, -0.2) is 0 Å². The quantitative estimate of drug-likeness (QED) is 0.873. The summed E-state index contributed by atoms with van der Waals surface area (Å²) in [6.45, 7) is 0.0658. The van der Waals surface area contributed by atoms with Crippen LogP contribution in [0.1, 0.15) is 5.56 Å². The van der Waals surface area contributed by atoms with Crippen LogP contribution in [0, 0.1) is 0 Å². The van der Waals surface area contributed by atoms with Gasteiger partial charge in [0, 0.05) is 7.05 Å². The summed E-state index contributed by atoms with van der Waals surface area (Å²) >= 11 is 0.